The molecule has 0 spiro atoms. The second kappa shape index (κ2) is 65.8. The molecule has 0 aliphatic carbocycles. The van der Waals surface area contributed by atoms with E-state index in [2.05, 4.69) is 167 Å². The maximum absolute atomic E-state index is 12.9. The Balaban J connectivity index is 4.50. The molecule has 6 heteroatoms. The summed E-state index contributed by atoms with van der Waals surface area (Å²) in [5, 5.41) is 0. The molecule has 0 bridgehead atoms. The molecule has 0 amide bonds. The first-order valence-corrected chi connectivity index (χ1v) is 32.3. The lowest BCUT2D eigenvalue weighted by Crippen LogP contribution is -2.30. The molecule has 0 fully saturated rings. The summed E-state index contributed by atoms with van der Waals surface area (Å²) < 4.78 is 16.9. The third kappa shape index (κ3) is 64.0. The van der Waals surface area contributed by atoms with Gasteiger partial charge in [0.1, 0.15) is 13.2 Å². The Bertz CT molecular complexity index is 1730. The molecule has 0 N–H and O–H groups in total. The van der Waals surface area contributed by atoms with Gasteiger partial charge in [0.15, 0.2) is 6.10 Å². The number of hydrogen-bond acceptors (Lipinski definition) is 6. The van der Waals surface area contributed by atoms with Gasteiger partial charge in [-0.2, -0.15) is 0 Å². The molecule has 0 radical (unpaired) electrons. The standard InChI is InChI=1S/C73H118O6/c1-4-7-10-13-16-19-22-25-28-31-33-34-35-36-37-38-40-42-45-48-51-54-57-60-63-66-72(75)78-69-70(68-77-71(74)65-62-59-56-53-50-47-44-41-30-27-24-21-18-15-12-9-6-3)79-73(76)67-64-61-58-55-52-49-46-43-39-32-29-26-23-20-17-14-11-8-5-2/h7,9-10,12,16,18-19,21,25-30,33-34,36-37,40,42,44,47-48,51,70H,4-6,8,11,13-15,17,20,22-24,31-32,35,38-39,41,43,45-46,49-50,52-69H2,1-3H3/b10-7-,12-9-,19-16-,21-18-,28-25-,29-26-,30-27-,34-33-,37-36-,42-40-,47-44-,51-48-. The van der Waals surface area contributed by atoms with E-state index in [4.69, 9.17) is 14.2 Å². The lowest BCUT2D eigenvalue weighted by atomic mass is 10.1. The fraction of sp³-hybridized carbons (Fsp3) is 0.630. The van der Waals surface area contributed by atoms with Crippen LogP contribution in [0.3, 0.4) is 0 Å². The number of allylic oxidation sites excluding steroid dienone is 24. The summed E-state index contributed by atoms with van der Waals surface area (Å²) >= 11 is 0. The highest BCUT2D eigenvalue weighted by atomic mass is 16.6. The fourth-order valence-corrected chi connectivity index (χ4v) is 8.53. The monoisotopic (exact) mass is 1090 g/mol. The average Bonchev–Trinajstić information content (AvgIpc) is 3.45. The zero-order valence-corrected chi connectivity index (χ0v) is 51.1. The molecular weight excluding hydrogens is 973 g/mol. The second-order valence-electron chi connectivity index (χ2n) is 20.9. The van der Waals surface area contributed by atoms with E-state index in [1.54, 1.807) is 0 Å². The van der Waals surface area contributed by atoms with Gasteiger partial charge in [-0.25, -0.2) is 0 Å². The number of esters is 3. The summed E-state index contributed by atoms with van der Waals surface area (Å²) in [5.74, 6) is -0.963. The molecule has 0 heterocycles. The van der Waals surface area contributed by atoms with Crippen molar-refractivity contribution in [3.63, 3.8) is 0 Å². The normalized spacial score (nSPS) is 13.1. The summed E-state index contributed by atoms with van der Waals surface area (Å²) in [6.45, 7) is 6.37. The topological polar surface area (TPSA) is 78.9 Å². The Morgan fingerprint density at radius 1 is 0.266 bits per heavy atom. The summed E-state index contributed by atoms with van der Waals surface area (Å²) in [6.07, 6.45) is 94.2. The third-order valence-electron chi connectivity index (χ3n) is 13.3. The lowest BCUT2D eigenvalue weighted by Gasteiger charge is -2.18. The van der Waals surface area contributed by atoms with Crippen LogP contribution in [-0.2, 0) is 28.6 Å². The zero-order valence-electron chi connectivity index (χ0n) is 51.1. The van der Waals surface area contributed by atoms with Crippen LogP contribution in [0.1, 0.15) is 278 Å². The number of rotatable bonds is 57. The van der Waals surface area contributed by atoms with E-state index in [0.29, 0.717) is 19.3 Å². The van der Waals surface area contributed by atoms with Crippen molar-refractivity contribution in [3.05, 3.63) is 146 Å². The number of carbonyl (C=O) groups excluding carboxylic acids is 3. The van der Waals surface area contributed by atoms with E-state index in [-0.39, 0.29) is 31.1 Å². The SMILES string of the molecule is CC/C=C\C/C=C\C/C=C\C/C=C\C/C=C\C/C=C\C/C=C\CCCCCC(=O)OCC(COC(=O)CCCCCC/C=C\C/C=C\C/C=C\C/C=C\CC)OC(=O)CCCCCCCCCCC/C=C\CCCCCCCC. The van der Waals surface area contributed by atoms with Crippen molar-refractivity contribution in [1.29, 1.82) is 0 Å². The van der Waals surface area contributed by atoms with Crippen molar-refractivity contribution in [2.24, 2.45) is 0 Å². The fourth-order valence-electron chi connectivity index (χ4n) is 8.53. The van der Waals surface area contributed by atoms with Crippen LogP contribution in [0, 0.1) is 0 Å². The summed E-state index contributed by atoms with van der Waals surface area (Å²) in [4.78, 5) is 38.4. The van der Waals surface area contributed by atoms with E-state index in [1.807, 2.05) is 0 Å². The molecule has 0 aliphatic heterocycles. The predicted molar refractivity (Wildman–Crippen MR) is 343 cm³/mol. The molecule has 1 unspecified atom stereocenters. The largest absolute Gasteiger partial charge is 0.462 e. The lowest BCUT2D eigenvalue weighted by molar-refractivity contribution is -0.167. The van der Waals surface area contributed by atoms with Gasteiger partial charge in [0.2, 0.25) is 0 Å². The first-order chi connectivity index (χ1) is 39.0. The summed E-state index contributed by atoms with van der Waals surface area (Å²) in [5.41, 5.74) is 0. The van der Waals surface area contributed by atoms with Gasteiger partial charge in [-0.15, -0.1) is 0 Å². The zero-order chi connectivity index (χ0) is 57.1. The number of carbonyl (C=O) groups is 3. The molecule has 446 valence electrons. The number of hydrogen-bond donors (Lipinski definition) is 0. The quantitative estimate of drug-likeness (QED) is 0.0261. The molecule has 0 aromatic heterocycles. The van der Waals surface area contributed by atoms with Crippen LogP contribution in [0.25, 0.3) is 0 Å². The van der Waals surface area contributed by atoms with Gasteiger partial charge in [-0.05, 0) is 141 Å². The second-order valence-corrected chi connectivity index (χ2v) is 20.9. The number of unbranched alkanes of at least 4 members (excludes halogenated alkanes) is 22. The van der Waals surface area contributed by atoms with Gasteiger partial charge in [0, 0.05) is 19.3 Å². The van der Waals surface area contributed by atoms with Crippen LogP contribution in [0.2, 0.25) is 0 Å². The van der Waals surface area contributed by atoms with E-state index in [1.165, 1.54) is 89.9 Å². The highest BCUT2D eigenvalue weighted by molar-refractivity contribution is 5.71. The van der Waals surface area contributed by atoms with Gasteiger partial charge in [0.25, 0.3) is 0 Å². The Morgan fingerprint density at radius 2 is 0.494 bits per heavy atom. The van der Waals surface area contributed by atoms with Gasteiger partial charge in [0.05, 0.1) is 0 Å². The van der Waals surface area contributed by atoms with Crippen molar-refractivity contribution < 1.29 is 28.6 Å². The highest BCUT2D eigenvalue weighted by Gasteiger charge is 2.19. The van der Waals surface area contributed by atoms with Gasteiger partial charge in [-0.3, -0.25) is 14.4 Å². The molecule has 0 aliphatic rings. The summed E-state index contributed by atoms with van der Waals surface area (Å²) in [6, 6.07) is 0. The molecule has 79 heavy (non-hydrogen) atoms. The van der Waals surface area contributed by atoms with Gasteiger partial charge in [-0.1, -0.05) is 263 Å². The minimum absolute atomic E-state index is 0.107. The molecule has 0 saturated heterocycles. The predicted octanol–water partition coefficient (Wildman–Crippen LogP) is 22.3. The maximum atomic E-state index is 12.9. The van der Waals surface area contributed by atoms with E-state index in [9.17, 15) is 14.4 Å². The highest BCUT2D eigenvalue weighted by Crippen LogP contribution is 2.15. The van der Waals surface area contributed by atoms with Crippen molar-refractivity contribution in [2.75, 3.05) is 13.2 Å². The molecule has 0 aromatic carbocycles. The van der Waals surface area contributed by atoms with Crippen LogP contribution >= 0.6 is 0 Å². The molecule has 6 nitrogen and oxygen atoms in total. The molecule has 0 saturated carbocycles. The minimum Gasteiger partial charge on any atom is -0.462 e. The summed E-state index contributed by atoms with van der Waals surface area (Å²) in [7, 11) is 0. The Morgan fingerprint density at radius 3 is 0.797 bits per heavy atom. The molecule has 0 rings (SSSR count). The van der Waals surface area contributed by atoms with Gasteiger partial charge >= 0.3 is 17.9 Å². The van der Waals surface area contributed by atoms with E-state index < -0.39 is 6.10 Å². The Labute approximate surface area is 487 Å². The van der Waals surface area contributed by atoms with Crippen molar-refractivity contribution >= 4 is 17.9 Å². The Kier molecular flexibility index (Phi) is 61.9. The van der Waals surface area contributed by atoms with E-state index >= 15 is 0 Å². The van der Waals surface area contributed by atoms with E-state index in [0.717, 1.165) is 148 Å². The van der Waals surface area contributed by atoms with Crippen LogP contribution in [-0.4, -0.2) is 37.2 Å². The smallest absolute Gasteiger partial charge is 0.306 e. The number of ether oxygens (including phenoxy) is 3. The van der Waals surface area contributed by atoms with Crippen LogP contribution < -0.4 is 0 Å². The minimum atomic E-state index is -0.812. The van der Waals surface area contributed by atoms with Crippen LogP contribution in [0.15, 0.2) is 146 Å². The maximum Gasteiger partial charge on any atom is 0.306 e. The van der Waals surface area contributed by atoms with Crippen molar-refractivity contribution in [3.8, 4) is 0 Å². The first kappa shape index (κ1) is 74.3. The Hall–Kier alpha value is -4.71. The average molecular weight is 1090 g/mol. The van der Waals surface area contributed by atoms with Crippen molar-refractivity contribution in [1.82, 2.24) is 0 Å². The molecule has 0 aromatic rings. The molecular formula is C73H118O6. The van der Waals surface area contributed by atoms with Crippen LogP contribution in [0.5, 0.6) is 0 Å². The van der Waals surface area contributed by atoms with Gasteiger partial charge < -0.3 is 14.2 Å². The first-order valence-electron chi connectivity index (χ1n) is 32.3. The molecule has 1 atom stereocenters. The third-order valence-corrected chi connectivity index (χ3v) is 13.3. The van der Waals surface area contributed by atoms with Crippen LogP contribution in [0.4, 0.5) is 0 Å². The van der Waals surface area contributed by atoms with Crippen molar-refractivity contribution in [2.45, 2.75) is 284 Å².